The molecule has 1 N–H and O–H groups in total. The van der Waals surface area contributed by atoms with Gasteiger partial charge < -0.3 is 5.32 Å². The van der Waals surface area contributed by atoms with Crippen molar-refractivity contribution in [2.75, 3.05) is 13.1 Å². The Morgan fingerprint density at radius 1 is 1.47 bits per heavy atom. The van der Waals surface area contributed by atoms with Crippen LogP contribution in [0.5, 0.6) is 0 Å². The van der Waals surface area contributed by atoms with E-state index >= 15 is 0 Å². The van der Waals surface area contributed by atoms with Crippen LogP contribution in [0.25, 0.3) is 5.65 Å². The molecule has 4 nitrogen and oxygen atoms in total. The average Bonchev–Trinajstić information content (AvgIpc) is 2.82. The molecular formula is C11H14N4. The molecule has 1 saturated heterocycles. The highest BCUT2D eigenvalue weighted by molar-refractivity contribution is 5.39. The van der Waals surface area contributed by atoms with Crippen LogP contribution >= 0.6 is 0 Å². The lowest BCUT2D eigenvalue weighted by molar-refractivity contribution is 0.750. The summed E-state index contributed by atoms with van der Waals surface area (Å²) < 4.78 is 1.88. The second-order valence-corrected chi connectivity index (χ2v) is 4.11. The smallest absolute Gasteiger partial charge is 0.155 e. The zero-order valence-corrected chi connectivity index (χ0v) is 8.77. The Balaban J connectivity index is 2.04. The van der Waals surface area contributed by atoms with Gasteiger partial charge in [0.05, 0.1) is 0 Å². The van der Waals surface area contributed by atoms with Crippen LogP contribution in [-0.4, -0.2) is 27.7 Å². The van der Waals surface area contributed by atoms with Crippen LogP contribution < -0.4 is 5.32 Å². The quantitative estimate of drug-likeness (QED) is 0.753. The van der Waals surface area contributed by atoms with Crippen molar-refractivity contribution in [1.82, 2.24) is 19.9 Å². The van der Waals surface area contributed by atoms with Crippen LogP contribution in [0.3, 0.4) is 0 Å². The van der Waals surface area contributed by atoms with E-state index in [0.717, 1.165) is 24.6 Å². The van der Waals surface area contributed by atoms with Gasteiger partial charge in [-0.3, -0.25) is 0 Å². The molecule has 1 aliphatic heterocycles. The molecule has 1 unspecified atom stereocenters. The van der Waals surface area contributed by atoms with E-state index in [-0.39, 0.29) is 0 Å². The molecular weight excluding hydrogens is 188 g/mol. The molecule has 15 heavy (non-hydrogen) atoms. The highest BCUT2D eigenvalue weighted by Gasteiger charge is 2.17. The van der Waals surface area contributed by atoms with Crippen LogP contribution in [0.2, 0.25) is 0 Å². The summed E-state index contributed by atoms with van der Waals surface area (Å²) >= 11 is 0. The second-order valence-electron chi connectivity index (χ2n) is 4.11. The lowest BCUT2D eigenvalue weighted by Crippen LogP contribution is -2.08. The van der Waals surface area contributed by atoms with E-state index in [0.29, 0.717) is 5.92 Å². The Morgan fingerprint density at radius 3 is 3.20 bits per heavy atom. The van der Waals surface area contributed by atoms with Gasteiger partial charge in [0.1, 0.15) is 5.82 Å². The lowest BCUT2D eigenvalue weighted by Gasteiger charge is -2.07. The van der Waals surface area contributed by atoms with Crippen molar-refractivity contribution < 1.29 is 0 Å². The van der Waals surface area contributed by atoms with Crippen molar-refractivity contribution in [3.63, 3.8) is 0 Å². The number of nitrogens with zero attached hydrogens (tertiary/aromatic N) is 3. The standard InChI is InChI=1S/C11H14N4/c1-8-13-11-3-2-10(7-15(11)14-8)9-4-5-12-6-9/h2-3,7,9,12H,4-6H2,1H3. The molecule has 0 aromatic carbocycles. The predicted octanol–water partition coefficient (Wildman–Crippen LogP) is 1.11. The summed E-state index contributed by atoms with van der Waals surface area (Å²) in [6, 6.07) is 4.22. The SMILES string of the molecule is Cc1nc2ccc(C3CCNC3)cn2n1. The van der Waals surface area contributed by atoms with E-state index in [1.165, 1.54) is 12.0 Å². The van der Waals surface area contributed by atoms with Gasteiger partial charge in [-0.15, -0.1) is 0 Å². The maximum absolute atomic E-state index is 4.33. The van der Waals surface area contributed by atoms with Crippen molar-refractivity contribution >= 4 is 5.65 Å². The monoisotopic (exact) mass is 202 g/mol. The molecule has 0 radical (unpaired) electrons. The number of pyridine rings is 1. The Labute approximate surface area is 88.3 Å². The molecule has 0 aliphatic carbocycles. The molecule has 4 heteroatoms. The van der Waals surface area contributed by atoms with Gasteiger partial charge in [-0.1, -0.05) is 6.07 Å². The highest BCUT2D eigenvalue weighted by Crippen LogP contribution is 2.22. The zero-order valence-electron chi connectivity index (χ0n) is 8.77. The fraction of sp³-hybridized carbons (Fsp3) is 0.455. The maximum atomic E-state index is 4.33. The first-order chi connectivity index (χ1) is 7.33. The molecule has 0 saturated carbocycles. The van der Waals surface area contributed by atoms with E-state index in [9.17, 15) is 0 Å². The predicted molar refractivity (Wildman–Crippen MR) is 58.0 cm³/mol. The molecule has 0 amide bonds. The fourth-order valence-electron chi connectivity index (χ4n) is 2.19. The highest BCUT2D eigenvalue weighted by atomic mass is 15.3. The number of hydrogen-bond donors (Lipinski definition) is 1. The van der Waals surface area contributed by atoms with E-state index in [4.69, 9.17) is 0 Å². The number of aryl methyl sites for hydroxylation is 1. The van der Waals surface area contributed by atoms with Crippen molar-refractivity contribution in [2.45, 2.75) is 19.3 Å². The summed E-state index contributed by atoms with van der Waals surface area (Å²) in [4.78, 5) is 4.32. The molecule has 3 heterocycles. The third-order valence-electron chi connectivity index (χ3n) is 2.99. The van der Waals surface area contributed by atoms with Crippen molar-refractivity contribution in [2.24, 2.45) is 0 Å². The first-order valence-corrected chi connectivity index (χ1v) is 5.36. The largest absolute Gasteiger partial charge is 0.316 e. The number of hydrogen-bond acceptors (Lipinski definition) is 3. The molecule has 1 atom stereocenters. The van der Waals surface area contributed by atoms with Gasteiger partial charge in [0, 0.05) is 12.7 Å². The van der Waals surface area contributed by atoms with Crippen LogP contribution in [0.1, 0.15) is 23.7 Å². The molecule has 2 aromatic heterocycles. The number of nitrogens with one attached hydrogen (secondary N) is 1. The summed E-state index contributed by atoms with van der Waals surface area (Å²) in [7, 11) is 0. The maximum Gasteiger partial charge on any atom is 0.155 e. The Morgan fingerprint density at radius 2 is 2.40 bits per heavy atom. The van der Waals surface area contributed by atoms with Crippen molar-refractivity contribution in [1.29, 1.82) is 0 Å². The summed E-state index contributed by atoms with van der Waals surface area (Å²) in [6.45, 7) is 4.13. The van der Waals surface area contributed by atoms with Crippen molar-refractivity contribution in [3.8, 4) is 0 Å². The third-order valence-corrected chi connectivity index (χ3v) is 2.99. The topological polar surface area (TPSA) is 42.2 Å². The second kappa shape index (κ2) is 3.31. The summed E-state index contributed by atoms with van der Waals surface area (Å²) in [5.74, 6) is 1.47. The molecule has 1 fully saturated rings. The Hall–Kier alpha value is -1.42. The molecule has 2 aromatic rings. The van der Waals surface area contributed by atoms with Gasteiger partial charge in [0.25, 0.3) is 0 Å². The lowest BCUT2D eigenvalue weighted by atomic mass is 10.0. The number of aromatic nitrogens is 3. The van der Waals surface area contributed by atoms with Gasteiger partial charge in [0.15, 0.2) is 5.65 Å². The minimum Gasteiger partial charge on any atom is -0.316 e. The summed E-state index contributed by atoms with van der Waals surface area (Å²) in [6.07, 6.45) is 3.33. The minimum atomic E-state index is 0.638. The molecule has 1 aliphatic rings. The number of fused-ring (bicyclic) bond motifs is 1. The Kier molecular flexibility index (Phi) is 1.95. The molecule has 0 bridgehead atoms. The van der Waals surface area contributed by atoms with Crippen LogP contribution in [-0.2, 0) is 0 Å². The van der Waals surface area contributed by atoms with Gasteiger partial charge in [-0.25, -0.2) is 9.50 Å². The van der Waals surface area contributed by atoms with E-state index in [2.05, 4.69) is 27.7 Å². The fourth-order valence-corrected chi connectivity index (χ4v) is 2.19. The number of rotatable bonds is 1. The van der Waals surface area contributed by atoms with Gasteiger partial charge in [-0.2, -0.15) is 5.10 Å². The Bertz CT molecular complexity index is 482. The summed E-state index contributed by atoms with van der Waals surface area (Å²) in [5.41, 5.74) is 2.29. The molecule has 3 rings (SSSR count). The van der Waals surface area contributed by atoms with Crippen LogP contribution in [0.4, 0.5) is 0 Å². The first kappa shape index (κ1) is 8.85. The van der Waals surface area contributed by atoms with Gasteiger partial charge in [0.2, 0.25) is 0 Å². The average molecular weight is 202 g/mol. The molecule has 0 spiro atoms. The van der Waals surface area contributed by atoms with E-state index in [1.54, 1.807) is 0 Å². The normalized spacial score (nSPS) is 21.3. The van der Waals surface area contributed by atoms with Crippen LogP contribution in [0.15, 0.2) is 18.3 Å². The van der Waals surface area contributed by atoms with Gasteiger partial charge in [-0.05, 0) is 37.4 Å². The van der Waals surface area contributed by atoms with Crippen LogP contribution in [0, 0.1) is 6.92 Å². The first-order valence-electron chi connectivity index (χ1n) is 5.36. The van der Waals surface area contributed by atoms with E-state index < -0.39 is 0 Å². The van der Waals surface area contributed by atoms with Crippen molar-refractivity contribution in [3.05, 3.63) is 29.7 Å². The van der Waals surface area contributed by atoms with E-state index in [1.807, 2.05) is 17.5 Å². The minimum absolute atomic E-state index is 0.638. The third kappa shape index (κ3) is 1.51. The zero-order chi connectivity index (χ0) is 10.3. The molecule has 78 valence electrons. The van der Waals surface area contributed by atoms with Gasteiger partial charge >= 0.3 is 0 Å². The summed E-state index contributed by atoms with van der Waals surface area (Å²) in [5, 5.41) is 7.71.